The largest absolute Gasteiger partial charge is 0.467 e. The molecular formula is C22H28N2O5. The Morgan fingerprint density at radius 1 is 1.17 bits per heavy atom. The van der Waals surface area contributed by atoms with Crippen LogP contribution in [0.1, 0.15) is 50.7 Å². The molecule has 1 aromatic rings. The second-order valence-corrected chi connectivity index (χ2v) is 9.61. The Morgan fingerprint density at radius 2 is 1.86 bits per heavy atom. The number of nitrogens with one attached hydrogen (secondary N) is 1. The van der Waals surface area contributed by atoms with Crippen molar-refractivity contribution in [1.82, 2.24) is 10.2 Å². The molecule has 0 radical (unpaired) electrons. The summed E-state index contributed by atoms with van der Waals surface area (Å²) in [6.45, 7) is 0.389. The molecule has 4 saturated carbocycles. The van der Waals surface area contributed by atoms with E-state index in [1.165, 1.54) is 19.3 Å². The fourth-order valence-electron chi connectivity index (χ4n) is 6.52. The van der Waals surface area contributed by atoms with Gasteiger partial charge in [-0.3, -0.25) is 14.4 Å². The van der Waals surface area contributed by atoms with Gasteiger partial charge in [-0.1, -0.05) is 0 Å². The zero-order valence-corrected chi connectivity index (χ0v) is 16.6. The smallest absolute Gasteiger partial charge is 0.311 e. The van der Waals surface area contributed by atoms with Gasteiger partial charge in [-0.25, -0.2) is 0 Å². The van der Waals surface area contributed by atoms with Gasteiger partial charge >= 0.3 is 5.97 Å². The molecule has 1 atom stereocenters. The number of esters is 1. The number of furan rings is 1. The molecule has 5 aliphatic rings. The van der Waals surface area contributed by atoms with Crippen molar-refractivity contribution in [3.05, 3.63) is 24.2 Å². The number of amides is 2. The van der Waals surface area contributed by atoms with E-state index in [1.807, 2.05) is 0 Å². The van der Waals surface area contributed by atoms with Crippen molar-refractivity contribution in [1.29, 1.82) is 0 Å². The molecule has 6 rings (SSSR count). The van der Waals surface area contributed by atoms with Crippen molar-refractivity contribution in [2.75, 3.05) is 13.2 Å². The standard InChI is InChI=1S/C22H28N2O5/c25-19(23-22-8-14-4-15(9-22)6-16(5-14)10-22)13-29-21(27)17-7-20(26)24(11-17)12-18-2-1-3-28-18/h1-3,14-17H,4-13H2,(H,23,25)/t14?,15?,16?,17-,22?/m0/s1. The first-order valence-electron chi connectivity index (χ1n) is 10.8. The maximum absolute atomic E-state index is 12.5. The lowest BCUT2D eigenvalue weighted by molar-refractivity contribution is -0.153. The molecule has 5 fully saturated rings. The zero-order chi connectivity index (χ0) is 20.0. The fourth-order valence-corrected chi connectivity index (χ4v) is 6.52. The minimum atomic E-state index is -0.523. The summed E-state index contributed by atoms with van der Waals surface area (Å²) in [5.74, 6) is 1.61. The van der Waals surface area contributed by atoms with Crippen LogP contribution in [0.15, 0.2) is 22.8 Å². The Balaban J connectivity index is 1.10. The van der Waals surface area contributed by atoms with E-state index < -0.39 is 11.9 Å². The predicted octanol–water partition coefficient (Wildman–Crippen LogP) is 2.26. The van der Waals surface area contributed by atoms with Crippen LogP contribution in [0.4, 0.5) is 0 Å². The molecule has 7 nitrogen and oxygen atoms in total. The number of hydrogen-bond donors (Lipinski definition) is 1. The van der Waals surface area contributed by atoms with Crippen molar-refractivity contribution in [3.8, 4) is 0 Å². The zero-order valence-electron chi connectivity index (χ0n) is 16.6. The summed E-state index contributed by atoms with van der Waals surface area (Å²) in [4.78, 5) is 38.7. The van der Waals surface area contributed by atoms with Gasteiger partial charge in [0, 0.05) is 18.5 Å². The second kappa shape index (κ2) is 7.18. The molecule has 0 unspecified atom stereocenters. The number of rotatable bonds is 6. The molecule has 2 heterocycles. The lowest BCUT2D eigenvalue weighted by atomic mass is 9.53. The van der Waals surface area contributed by atoms with Crippen LogP contribution in [0.2, 0.25) is 0 Å². The predicted molar refractivity (Wildman–Crippen MR) is 102 cm³/mol. The quantitative estimate of drug-likeness (QED) is 0.740. The molecular weight excluding hydrogens is 372 g/mol. The molecule has 4 aliphatic carbocycles. The van der Waals surface area contributed by atoms with Crippen LogP contribution in [0, 0.1) is 23.7 Å². The van der Waals surface area contributed by atoms with Gasteiger partial charge in [0.25, 0.3) is 5.91 Å². The third-order valence-electron chi connectivity index (χ3n) is 7.26. The molecule has 7 heteroatoms. The second-order valence-electron chi connectivity index (χ2n) is 9.61. The van der Waals surface area contributed by atoms with Crippen molar-refractivity contribution in [3.63, 3.8) is 0 Å². The highest BCUT2D eigenvalue weighted by Gasteiger charge is 2.51. The van der Waals surface area contributed by atoms with Crippen molar-refractivity contribution >= 4 is 17.8 Å². The SMILES string of the molecule is O=C(COC(=O)[C@H]1CC(=O)N(Cc2ccco2)C1)NC12CC3CC(CC(C3)C1)C2. The molecule has 1 aliphatic heterocycles. The summed E-state index contributed by atoms with van der Waals surface area (Å²) in [7, 11) is 0. The van der Waals surface area contributed by atoms with Crippen molar-refractivity contribution < 1.29 is 23.5 Å². The monoisotopic (exact) mass is 400 g/mol. The number of hydrogen-bond acceptors (Lipinski definition) is 5. The first-order valence-corrected chi connectivity index (χ1v) is 10.8. The van der Waals surface area contributed by atoms with Crippen LogP contribution >= 0.6 is 0 Å². The topological polar surface area (TPSA) is 88.9 Å². The summed E-state index contributed by atoms with van der Waals surface area (Å²) in [5, 5.41) is 3.21. The van der Waals surface area contributed by atoms with E-state index in [0.717, 1.165) is 37.0 Å². The minimum Gasteiger partial charge on any atom is -0.467 e. The molecule has 156 valence electrons. The van der Waals surface area contributed by atoms with Crippen LogP contribution in [0.5, 0.6) is 0 Å². The van der Waals surface area contributed by atoms with Crippen LogP contribution in [0.3, 0.4) is 0 Å². The summed E-state index contributed by atoms with van der Waals surface area (Å²) >= 11 is 0. The third kappa shape index (κ3) is 3.79. The van der Waals surface area contributed by atoms with Gasteiger partial charge in [-0.15, -0.1) is 0 Å². The highest BCUT2D eigenvalue weighted by Crippen LogP contribution is 2.55. The first-order chi connectivity index (χ1) is 14.0. The first kappa shape index (κ1) is 18.7. The van der Waals surface area contributed by atoms with Gasteiger partial charge in [0.05, 0.1) is 18.7 Å². The Kier molecular flexibility index (Phi) is 4.63. The normalized spacial score (nSPS) is 35.2. The van der Waals surface area contributed by atoms with E-state index in [1.54, 1.807) is 23.3 Å². The molecule has 29 heavy (non-hydrogen) atoms. The van der Waals surface area contributed by atoms with Crippen LogP contribution < -0.4 is 5.32 Å². The summed E-state index contributed by atoms with van der Waals surface area (Å²) in [6, 6.07) is 3.57. The molecule has 0 spiro atoms. The lowest BCUT2D eigenvalue weighted by Crippen LogP contribution is -2.60. The highest BCUT2D eigenvalue weighted by atomic mass is 16.5. The van der Waals surface area contributed by atoms with E-state index >= 15 is 0 Å². The lowest BCUT2D eigenvalue weighted by Gasteiger charge is -2.56. The van der Waals surface area contributed by atoms with Gasteiger partial charge in [0.1, 0.15) is 5.76 Å². The third-order valence-corrected chi connectivity index (χ3v) is 7.26. The summed E-state index contributed by atoms with van der Waals surface area (Å²) < 4.78 is 10.6. The average molecular weight is 400 g/mol. The summed E-state index contributed by atoms with van der Waals surface area (Å²) in [6.07, 6.45) is 8.82. The fraction of sp³-hybridized carbons (Fsp3) is 0.682. The molecule has 1 aromatic heterocycles. The number of carbonyl (C=O) groups is 3. The number of ether oxygens (including phenoxy) is 1. The molecule has 0 aromatic carbocycles. The Bertz CT molecular complexity index is 767. The number of likely N-dealkylation sites (tertiary alicyclic amines) is 1. The van der Waals surface area contributed by atoms with Gasteiger partial charge in [0.2, 0.25) is 5.91 Å². The Morgan fingerprint density at radius 3 is 2.48 bits per heavy atom. The molecule has 1 saturated heterocycles. The highest BCUT2D eigenvalue weighted by molar-refractivity contribution is 5.88. The summed E-state index contributed by atoms with van der Waals surface area (Å²) in [5.41, 5.74) is -0.0819. The van der Waals surface area contributed by atoms with Crippen molar-refractivity contribution in [2.24, 2.45) is 23.7 Å². The molecule has 2 amide bonds. The van der Waals surface area contributed by atoms with Crippen LogP contribution in [0.25, 0.3) is 0 Å². The molecule has 4 bridgehead atoms. The van der Waals surface area contributed by atoms with E-state index in [4.69, 9.17) is 9.15 Å². The molecule has 1 N–H and O–H groups in total. The Labute approximate surface area is 170 Å². The number of carbonyl (C=O) groups excluding carboxylic acids is 3. The van der Waals surface area contributed by atoms with E-state index in [2.05, 4.69) is 5.32 Å². The van der Waals surface area contributed by atoms with Crippen LogP contribution in [-0.2, 0) is 25.7 Å². The van der Waals surface area contributed by atoms with Gasteiger partial charge in [0.15, 0.2) is 6.61 Å². The van der Waals surface area contributed by atoms with Gasteiger partial charge in [-0.05, 0) is 68.4 Å². The van der Waals surface area contributed by atoms with E-state index in [9.17, 15) is 14.4 Å². The van der Waals surface area contributed by atoms with Gasteiger partial charge in [-0.2, -0.15) is 0 Å². The van der Waals surface area contributed by atoms with E-state index in [0.29, 0.717) is 18.8 Å². The average Bonchev–Trinajstić information content (AvgIpc) is 3.29. The maximum atomic E-state index is 12.5. The van der Waals surface area contributed by atoms with Crippen LogP contribution in [-0.4, -0.2) is 41.4 Å². The minimum absolute atomic E-state index is 0.0819. The number of nitrogens with zero attached hydrogens (tertiary/aromatic N) is 1. The maximum Gasteiger partial charge on any atom is 0.311 e. The van der Waals surface area contributed by atoms with E-state index in [-0.39, 0.29) is 30.4 Å². The Hall–Kier alpha value is -2.31. The van der Waals surface area contributed by atoms with Crippen molar-refractivity contribution in [2.45, 2.75) is 57.0 Å². The van der Waals surface area contributed by atoms with Gasteiger partial charge < -0.3 is 19.4 Å².